The number of nitrogens with one attached hydrogen (secondary N) is 1. The summed E-state index contributed by atoms with van der Waals surface area (Å²) < 4.78 is 16.3. The SMILES string of the molecule is COc1ccc(-c2coc3cc(OCC(=O)NC(C)CCc4ccccc4)cc(O)c3c2=O)cc1. The highest BCUT2D eigenvalue weighted by atomic mass is 16.5. The smallest absolute Gasteiger partial charge is 0.258 e. The van der Waals surface area contributed by atoms with E-state index in [9.17, 15) is 14.7 Å². The molecule has 0 saturated carbocycles. The molecule has 0 saturated heterocycles. The summed E-state index contributed by atoms with van der Waals surface area (Å²) >= 11 is 0. The van der Waals surface area contributed by atoms with Crippen LogP contribution in [0.3, 0.4) is 0 Å². The molecule has 7 heteroatoms. The molecule has 1 unspecified atom stereocenters. The molecular formula is C28H27NO6. The van der Waals surface area contributed by atoms with Crippen LogP contribution in [0.25, 0.3) is 22.1 Å². The monoisotopic (exact) mass is 473 g/mol. The van der Waals surface area contributed by atoms with E-state index in [1.165, 1.54) is 24.0 Å². The maximum Gasteiger partial charge on any atom is 0.258 e. The molecule has 4 rings (SSSR count). The van der Waals surface area contributed by atoms with E-state index in [1.807, 2.05) is 25.1 Å². The van der Waals surface area contributed by atoms with Gasteiger partial charge in [0.2, 0.25) is 5.43 Å². The van der Waals surface area contributed by atoms with E-state index in [2.05, 4.69) is 17.4 Å². The maximum atomic E-state index is 13.0. The lowest BCUT2D eigenvalue weighted by Crippen LogP contribution is -2.36. The second-order valence-electron chi connectivity index (χ2n) is 8.30. The number of phenols is 1. The standard InChI is InChI=1S/C28H27NO6/c1-18(8-9-19-6-4-3-5-7-19)29-26(31)17-34-22-14-24(30)27-25(15-22)35-16-23(28(27)32)20-10-12-21(33-2)13-11-20/h3-7,10-16,18,30H,8-9,17H2,1-2H3,(H,29,31). The van der Waals surface area contributed by atoms with Gasteiger partial charge in [0, 0.05) is 18.2 Å². The van der Waals surface area contributed by atoms with Gasteiger partial charge in [-0.3, -0.25) is 9.59 Å². The number of methoxy groups -OCH3 is 1. The Labute approximate surface area is 202 Å². The lowest BCUT2D eigenvalue weighted by atomic mass is 10.0. The van der Waals surface area contributed by atoms with Gasteiger partial charge in [-0.05, 0) is 43.0 Å². The lowest BCUT2D eigenvalue weighted by Gasteiger charge is -2.14. The fraction of sp³-hybridized carbons (Fsp3) is 0.214. The zero-order chi connectivity index (χ0) is 24.8. The summed E-state index contributed by atoms with van der Waals surface area (Å²) in [7, 11) is 1.56. The van der Waals surface area contributed by atoms with Gasteiger partial charge in [-0.2, -0.15) is 0 Å². The van der Waals surface area contributed by atoms with Crippen LogP contribution < -0.4 is 20.2 Å². The molecule has 180 valence electrons. The predicted octanol–water partition coefficient (Wildman–Crippen LogP) is 4.69. The molecule has 1 heterocycles. The molecular weight excluding hydrogens is 446 g/mol. The van der Waals surface area contributed by atoms with E-state index in [4.69, 9.17) is 13.9 Å². The van der Waals surface area contributed by atoms with Crippen molar-refractivity contribution in [1.82, 2.24) is 5.32 Å². The highest BCUT2D eigenvalue weighted by Gasteiger charge is 2.16. The Morgan fingerprint density at radius 1 is 1.06 bits per heavy atom. The maximum absolute atomic E-state index is 13.0. The van der Waals surface area contributed by atoms with Crippen LogP contribution >= 0.6 is 0 Å². The highest BCUT2D eigenvalue weighted by Crippen LogP contribution is 2.30. The summed E-state index contributed by atoms with van der Waals surface area (Å²) in [6, 6.07) is 19.8. The van der Waals surface area contributed by atoms with Crippen molar-refractivity contribution >= 4 is 16.9 Å². The van der Waals surface area contributed by atoms with Crippen molar-refractivity contribution in [2.45, 2.75) is 25.8 Å². The topological polar surface area (TPSA) is 98.0 Å². The molecule has 7 nitrogen and oxygen atoms in total. The largest absolute Gasteiger partial charge is 0.507 e. The van der Waals surface area contributed by atoms with Gasteiger partial charge in [0.15, 0.2) is 6.61 Å². The first-order chi connectivity index (χ1) is 16.9. The molecule has 1 amide bonds. The molecule has 0 radical (unpaired) electrons. The zero-order valence-corrected chi connectivity index (χ0v) is 19.6. The second-order valence-corrected chi connectivity index (χ2v) is 8.30. The molecule has 35 heavy (non-hydrogen) atoms. The molecule has 0 fully saturated rings. The number of phenolic OH excluding ortho intramolecular Hbond substituents is 1. The third kappa shape index (κ3) is 5.81. The number of ether oxygens (including phenoxy) is 2. The van der Waals surface area contributed by atoms with Crippen LogP contribution in [0, 0.1) is 0 Å². The number of rotatable bonds is 9. The van der Waals surface area contributed by atoms with Crippen molar-refractivity contribution in [3.63, 3.8) is 0 Å². The van der Waals surface area contributed by atoms with Gasteiger partial charge in [0.05, 0.1) is 12.7 Å². The zero-order valence-electron chi connectivity index (χ0n) is 19.6. The summed E-state index contributed by atoms with van der Waals surface area (Å²) in [6.07, 6.45) is 3.00. The van der Waals surface area contributed by atoms with E-state index >= 15 is 0 Å². The van der Waals surface area contributed by atoms with E-state index in [0.717, 1.165) is 12.8 Å². The number of fused-ring (bicyclic) bond motifs is 1. The molecule has 2 N–H and O–H groups in total. The van der Waals surface area contributed by atoms with Crippen molar-refractivity contribution in [3.8, 4) is 28.4 Å². The highest BCUT2D eigenvalue weighted by molar-refractivity contribution is 5.88. The third-order valence-electron chi connectivity index (χ3n) is 5.72. The summed E-state index contributed by atoms with van der Waals surface area (Å²) in [4.78, 5) is 25.3. The van der Waals surface area contributed by atoms with Gasteiger partial charge in [-0.1, -0.05) is 42.5 Å². The average Bonchev–Trinajstić information content (AvgIpc) is 2.87. The fourth-order valence-electron chi connectivity index (χ4n) is 3.83. The minimum absolute atomic E-state index is 0.0225. The Hall–Kier alpha value is -4.26. The van der Waals surface area contributed by atoms with E-state index in [0.29, 0.717) is 16.9 Å². The first kappa shape index (κ1) is 23.9. The van der Waals surface area contributed by atoms with Crippen molar-refractivity contribution in [2.24, 2.45) is 0 Å². The first-order valence-corrected chi connectivity index (χ1v) is 11.3. The van der Waals surface area contributed by atoms with Gasteiger partial charge in [-0.25, -0.2) is 0 Å². The molecule has 0 aliphatic heterocycles. The van der Waals surface area contributed by atoms with Crippen molar-refractivity contribution < 1.29 is 23.8 Å². The van der Waals surface area contributed by atoms with Gasteiger partial charge in [0.25, 0.3) is 5.91 Å². The molecule has 0 bridgehead atoms. The normalized spacial score (nSPS) is 11.7. The van der Waals surface area contributed by atoms with Crippen LogP contribution in [0.2, 0.25) is 0 Å². The Morgan fingerprint density at radius 2 is 1.80 bits per heavy atom. The van der Waals surface area contributed by atoms with Gasteiger partial charge in [-0.15, -0.1) is 0 Å². The number of amides is 1. The Balaban J connectivity index is 1.40. The molecule has 0 aliphatic rings. The number of hydrogen-bond donors (Lipinski definition) is 2. The lowest BCUT2D eigenvalue weighted by molar-refractivity contribution is -0.123. The van der Waals surface area contributed by atoms with Crippen LogP contribution in [0.15, 0.2) is 82.2 Å². The number of hydrogen-bond acceptors (Lipinski definition) is 6. The van der Waals surface area contributed by atoms with Gasteiger partial charge < -0.3 is 24.3 Å². The quantitative estimate of drug-likeness (QED) is 0.366. The second kappa shape index (κ2) is 10.8. The number of carbonyl (C=O) groups excluding carboxylic acids is 1. The molecule has 0 spiro atoms. The molecule has 1 aromatic heterocycles. The molecule has 0 aliphatic carbocycles. The summed E-state index contributed by atoms with van der Waals surface area (Å²) in [5.41, 5.74) is 1.96. The Morgan fingerprint density at radius 3 is 2.51 bits per heavy atom. The molecule has 4 aromatic rings. The number of aromatic hydroxyl groups is 1. The van der Waals surface area contributed by atoms with Crippen molar-refractivity contribution in [1.29, 1.82) is 0 Å². The van der Waals surface area contributed by atoms with Crippen LogP contribution in [-0.2, 0) is 11.2 Å². The average molecular weight is 474 g/mol. The number of benzene rings is 3. The number of aryl methyl sites for hydroxylation is 1. The third-order valence-corrected chi connectivity index (χ3v) is 5.72. The Kier molecular flexibility index (Phi) is 7.35. The first-order valence-electron chi connectivity index (χ1n) is 11.3. The minimum atomic E-state index is -0.370. The Bertz CT molecular complexity index is 1360. The van der Waals surface area contributed by atoms with Crippen LogP contribution in [0.5, 0.6) is 17.2 Å². The summed E-state index contributed by atoms with van der Waals surface area (Å²) in [5, 5.41) is 13.5. The number of carbonyl (C=O) groups is 1. The van der Waals surface area contributed by atoms with E-state index in [1.54, 1.807) is 31.4 Å². The molecule has 3 aromatic carbocycles. The van der Waals surface area contributed by atoms with Crippen molar-refractivity contribution in [2.75, 3.05) is 13.7 Å². The van der Waals surface area contributed by atoms with Crippen LogP contribution in [-0.4, -0.2) is 30.8 Å². The predicted molar refractivity (Wildman–Crippen MR) is 134 cm³/mol. The van der Waals surface area contributed by atoms with E-state index < -0.39 is 0 Å². The minimum Gasteiger partial charge on any atom is -0.507 e. The molecule has 1 atom stereocenters. The van der Waals surface area contributed by atoms with E-state index in [-0.39, 0.29) is 46.5 Å². The van der Waals surface area contributed by atoms with Gasteiger partial charge >= 0.3 is 0 Å². The summed E-state index contributed by atoms with van der Waals surface area (Å²) in [6.45, 7) is 1.71. The summed E-state index contributed by atoms with van der Waals surface area (Å²) in [5.74, 6) is 0.334. The van der Waals surface area contributed by atoms with Crippen LogP contribution in [0.1, 0.15) is 18.9 Å². The van der Waals surface area contributed by atoms with Crippen molar-refractivity contribution in [3.05, 3.63) is 88.8 Å². The van der Waals surface area contributed by atoms with Gasteiger partial charge in [0.1, 0.15) is 34.5 Å². The fourth-order valence-corrected chi connectivity index (χ4v) is 3.83. The van der Waals surface area contributed by atoms with Crippen LogP contribution in [0.4, 0.5) is 0 Å².